The molecule has 3 heterocycles. The third-order valence-corrected chi connectivity index (χ3v) is 4.56. The third kappa shape index (κ3) is 3.59. The average molecular weight is 366 g/mol. The number of aryl methyl sites for hydroxylation is 2. The molecule has 0 saturated heterocycles. The molecule has 0 spiro atoms. The molecule has 7 heteroatoms. The van der Waals surface area contributed by atoms with Crippen molar-refractivity contribution in [2.24, 2.45) is 7.05 Å². The molecule has 0 aliphatic heterocycles. The van der Waals surface area contributed by atoms with Crippen LogP contribution in [0.25, 0.3) is 22.0 Å². The van der Waals surface area contributed by atoms with E-state index < -0.39 is 6.10 Å². The lowest BCUT2D eigenvalue weighted by Crippen LogP contribution is -2.20. The largest absolute Gasteiger partial charge is 0.387 e. The fourth-order valence-corrected chi connectivity index (χ4v) is 3.06. The maximum absolute atomic E-state index is 12.9. The van der Waals surface area contributed by atoms with E-state index in [0.29, 0.717) is 29.0 Å². The zero-order valence-electron chi connectivity index (χ0n) is 15.8. The minimum atomic E-state index is -0.617. The molecule has 1 atom stereocenters. The monoisotopic (exact) mass is 366 g/mol. The van der Waals surface area contributed by atoms with Gasteiger partial charge in [0, 0.05) is 48.9 Å². The van der Waals surface area contributed by atoms with Crippen molar-refractivity contribution in [1.29, 1.82) is 0 Å². The normalized spacial score (nSPS) is 12.2. The minimum absolute atomic E-state index is 0.170. The van der Waals surface area contributed by atoms with Crippen molar-refractivity contribution in [1.82, 2.24) is 14.5 Å². The van der Waals surface area contributed by atoms with E-state index >= 15 is 0 Å². The van der Waals surface area contributed by atoms with E-state index in [-0.39, 0.29) is 11.5 Å². The van der Waals surface area contributed by atoms with Gasteiger partial charge in [-0.3, -0.25) is 14.6 Å². The molecule has 3 aromatic rings. The molecule has 0 radical (unpaired) electrons. The number of pyridine rings is 3. The molecule has 27 heavy (non-hydrogen) atoms. The number of nitrogens with one attached hydrogen (secondary N) is 1. The van der Waals surface area contributed by atoms with Crippen LogP contribution >= 0.6 is 0 Å². The molecule has 1 unspecified atom stereocenters. The molecule has 140 valence electrons. The average Bonchev–Trinajstić information content (AvgIpc) is 2.64. The van der Waals surface area contributed by atoms with Crippen LogP contribution in [-0.2, 0) is 11.8 Å². The number of carbonyl (C=O) groups is 1. The summed E-state index contributed by atoms with van der Waals surface area (Å²) in [5.41, 5.74) is 3.20. The fraction of sp³-hybridized carbons (Fsp3) is 0.300. The van der Waals surface area contributed by atoms with Crippen LogP contribution in [-0.4, -0.2) is 25.5 Å². The zero-order valence-corrected chi connectivity index (χ0v) is 15.8. The Morgan fingerprint density at radius 1 is 1.22 bits per heavy atom. The van der Waals surface area contributed by atoms with Gasteiger partial charge >= 0.3 is 0 Å². The number of aliphatic hydroxyl groups excluding tert-OH is 1. The summed E-state index contributed by atoms with van der Waals surface area (Å²) in [6.45, 7) is 5.18. The number of carbonyl (C=O) groups excluding carboxylic acids is 1. The molecule has 3 aromatic heterocycles. The van der Waals surface area contributed by atoms with Gasteiger partial charge in [0.1, 0.15) is 5.82 Å². The quantitative estimate of drug-likeness (QED) is 0.740. The fourth-order valence-electron chi connectivity index (χ4n) is 3.06. The topological polar surface area (TPSA) is 97.1 Å². The summed E-state index contributed by atoms with van der Waals surface area (Å²) in [7, 11) is 1.68. The summed E-state index contributed by atoms with van der Waals surface area (Å²) in [4.78, 5) is 32.7. The summed E-state index contributed by atoms with van der Waals surface area (Å²) < 4.78 is 1.53. The standard InChI is InChI=1S/C20H22N4O3/c1-5-18(26)16-6-11(2)15(10-21-16)14-7-13-9-22-19(23-12(3)25)8-17(13)24(4)20(14)27/h6-10,18,26H,5H2,1-4H3,(H,22,23,25). The Bertz CT molecular complexity index is 1090. The van der Waals surface area contributed by atoms with Crippen molar-refractivity contribution in [3.8, 4) is 11.1 Å². The Balaban J connectivity index is 2.15. The Morgan fingerprint density at radius 2 is 1.96 bits per heavy atom. The molecule has 7 nitrogen and oxygen atoms in total. The van der Waals surface area contributed by atoms with Gasteiger partial charge in [0.2, 0.25) is 5.91 Å². The van der Waals surface area contributed by atoms with Gasteiger partial charge in [0.15, 0.2) is 0 Å². The molecule has 3 rings (SSSR count). The van der Waals surface area contributed by atoms with E-state index in [9.17, 15) is 14.7 Å². The number of hydrogen-bond donors (Lipinski definition) is 2. The molecule has 0 aromatic carbocycles. The van der Waals surface area contributed by atoms with E-state index in [4.69, 9.17) is 0 Å². The number of anilines is 1. The highest BCUT2D eigenvalue weighted by Gasteiger charge is 2.15. The second-order valence-electron chi connectivity index (χ2n) is 6.58. The molecular formula is C20H22N4O3. The van der Waals surface area contributed by atoms with Gasteiger partial charge < -0.3 is 15.0 Å². The Kier molecular flexibility index (Phi) is 5.05. The van der Waals surface area contributed by atoms with Gasteiger partial charge in [-0.25, -0.2) is 4.98 Å². The number of rotatable bonds is 4. The molecule has 1 amide bonds. The second kappa shape index (κ2) is 7.28. The highest BCUT2D eigenvalue weighted by atomic mass is 16.3. The van der Waals surface area contributed by atoms with Crippen molar-refractivity contribution < 1.29 is 9.90 Å². The molecule has 0 fully saturated rings. The highest BCUT2D eigenvalue weighted by molar-refractivity contribution is 5.91. The first-order valence-corrected chi connectivity index (χ1v) is 8.74. The van der Waals surface area contributed by atoms with Crippen LogP contribution in [0.2, 0.25) is 0 Å². The zero-order chi connectivity index (χ0) is 19.7. The van der Waals surface area contributed by atoms with Crippen LogP contribution in [0.5, 0.6) is 0 Å². The van der Waals surface area contributed by atoms with E-state index in [0.717, 1.165) is 16.5 Å². The molecule has 0 bridgehead atoms. The Labute approximate surface area is 156 Å². The van der Waals surface area contributed by atoms with Crippen LogP contribution in [0.4, 0.5) is 5.82 Å². The predicted molar refractivity (Wildman–Crippen MR) is 105 cm³/mol. The Hall–Kier alpha value is -3.06. The summed E-state index contributed by atoms with van der Waals surface area (Å²) in [5, 5.41) is 13.4. The van der Waals surface area contributed by atoms with Crippen molar-refractivity contribution >= 4 is 22.6 Å². The highest BCUT2D eigenvalue weighted by Crippen LogP contribution is 2.26. The lowest BCUT2D eigenvalue weighted by atomic mass is 10.0. The molecule has 0 saturated carbocycles. The maximum Gasteiger partial charge on any atom is 0.258 e. The predicted octanol–water partition coefficient (Wildman–Crippen LogP) is 2.71. The lowest BCUT2D eigenvalue weighted by molar-refractivity contribution is -0.114. The van der Waals surface area contributed by atoms with E-state index in [1.54, 1.807) is 31.6 Å². The van der Waals surface area contributed by atoms with Gasteiger partial charge in [-0.1, -0.05) is 6.92 Å². The van der Waals surface area contributed by atoms with E-state index in [1.165, 1.54) is 11.5 Å². The Morgan fingerprint density at radius 3 is 2.59 bits per heavy atom. The number of hydrogen-bond acceptors (Lipinski definition) is 5. The smallest absolute Gasteiger partial charge is 0.258 e. The van der Waals surface area contributed by atoms with Crippen LogP contribution in [0.3, 0.4) is 0 Å². The maximum atomic E-state index is 12.9. The second-order valence-corrected chi connectivity index (χ2v) is 6.58. The molecule has 0 aliphatic carbocycles. The van der Waals surface area contributed by atoms with Crippen molar-refractivity contribution in [2.75, 3.05) is 5.32 Å². The minimum Gasteiger partial charge on any atom is -0.387 e. The van der Waals surface area contributed by atoms with Gasteiger partial charge in [-0.15, -0.1) is 0 Å². The van der Waals surface area contributed by atoms with Gasteiger partial charge in [0.05, 0.1) is 17.3 Å². The first-order valence-electron chi connectivity index (χ1n) is 8.74. The van der Waals surface area contributed by atoms with Crippen molar-refractivity contribution in [3.05, 3.63) is 52.2 Å². The first kappa shape index (κ1) is 18.7. The number of aromatic nitrogens is 3. The van der Waals surface area contributed by atoms with Crippen LogP contribution in [0.1, 0.15) is 37.6 Å². The lowest BCUT2D eigenvalue weighted by Gasteiger charge is -2.13. The van der Waals surface area contributed by atoms with Crippen molar-refractivity contribution in [2.45, 2.75) is 33.3 Å². The summed E-state index contributed by atoms with van der Waals surface area (Å²) in [5.74, 6) is 0.174. The molecule has 2 N–H and O–H groups in total. The third-order valence-electron chi connectivity index (χ3n) is 4.56. The number of nitrogens with zero attached hydrogens (tertiary/aromatic N) is 3. The van der Waals surface area contributed by atoms with Crippen LogP contribution in [0.15, 0.2) is 35.4 Å². The van der Waals surface area contributed by atoms with Gasteiger partial charge in [-0.2, -0.15) is 0 Å². The number of fused-ring (bicyclic) bond motifs is 1. The van der Waals surface area contributed by atoms with Gasteiger partial charge in [-0.05, 0) is 31.0 Å². The van der Waals surface area contributed by atoms with Crippen LogP contribution < -0.4 is 10.9 Å². The molecule has 0 aliphatic rings. The number of aliphatic hydroxyl groups is 1. The summed E-state index contributed by atoms with van der Waals surface area (Å²) >= 11 is 0. The molecular weight excluding hydrogens is 344 g/mol. The first-order chi connectivity index (χ1) is 12.8. The van der Waals surface area contributed by atoms with Crippen LogP contribution in [0, 0.1) is 6.92 Å². The summed E-state index contributed by atoms with van der Waals surface area (Å²) in [6.07, 6.45) is 3.21. The SMILES string of the molecule is CCC(O)c1cc(C)c(-c2cc3cnc(NC(C)=O)cc3n(C)c2=O)cn1. The van der Waals surface area contributed by atoms with Crippen molar-refractivity contribution in [3.63, 3.8) is 0 Å². The van der Waals surface area contributed by atoms with E-state index in [2.05, 4.69) is 15.3 Å². The van der Waals surface area contributed by atoms with Gasteiger partial charge in [0.25, 0.3) is 5.56 Å². The number of amides is 1. The summed E-state index contributed by atoms with van der Waals surface area (Å²) in [6, 6.07) is 5.27. The van der Waals surface area contributed by atoms with E-state index in [1.807, 2.05) is 19.9 Å².